The van der Waals surface area contributed by atoms with Gasteiger partial charge in [-0.1, -0.05) is 15.9 Å². The summed E-state index contributed by atoms with van der Waals surface area (Å²) >= 11 is 2.84. The lowest BCUT2D eigenvalue weighted by Gasteiger charge is -2.12. The van der Waals surface area contributed by atoms with Gasteiger partial charge in [0.2, 0.25) is 0 Å². The van der Waals surface area contributed by atoms with E-state index in [0.29, 0.717) is 5.52 Å². The minimum absolute atomic E-state index is 0.0346. The molecule has 0 spiro atoms. The number of aryl methyl sites for hydroxylation is 1. The predicted molar refractivity (Wildman–Crippen MR) is 102 cm³/mol. The van der Waals surface area contributed by atoms with Crippen molar-refractivity contribution in [1.82, 2.24) is 9.55 Å². The van der Waals surface area contributed by atoms with Crippen LogP contribution in [0.1, 0.15) is 22.8 Å². The highest BCUT2D eigenvalue weighted by Crippen LogP contribution is 2.36. The number of carbonyl (C=O) groups is 1. The van der Waals surface area contributed by atoms with Gasteiger partial charge in [-0.25, -0.2) is 0 Å². The average Bonchev–Trinajstić information content (AvgIpc) is 2.63. The molecular formula is C18H13BrF3N3O3. The van der Waals surface area contributed by atoms with E-state index in [9.17, 15) is 27.6 Å². The minimum atomic E-state index is -4.58. The molecule has 0 unspecified atom stereocenters. The van der Waals surface area contributed by atoms with E-state index >= 15 is 0 Å². The standard InChI is InChI=1S/C18H13BrF3N3O3/c1-2-25-14-6-3-9(7-13(14)24-16(27)17(25)28)15(26)23-10-4-5-12(19)11(8-10)18(20,21)22/h3-8H,2H2,1H3,(H,23,26)(H,24,27). The van der Waals surface area contributed by atoms with E-state index in [0.717, 1.165) is 6.07 Å². The molecule has 10 heteroatoms. The molecule has 0 atom stereocenters. The Morgan fingerprint density at radius 3 is 2.54 bits per heavy atom. The number of nitrogens with one attached hydrogen (secondary N) is 2. The smallest absolute Gasteiger partial charge is 0.322 e. The van der Waals surface area contributed by atoms with E-state index in [1.54, 1.807) is 6.92 Å². The van der Waals surface area contributed by atoms with E-state index in [4.69, 9.17) is 0 Å². The molecule has 3 aromatic rings. The second-order valence-electron chi connectivity index (χ2n) is 5.88. The fraction of sp³-hybridized carbons (Fsp3) is 0.167. The first-order valence-electron chi connectivity index (χ1n) is 8.06. The largest absolute Gasteiger partial charge is 0.417 e. The molecule has 1 heterocycles. The van der Waals surface area contributed by atoms with Gasteiger partial charge in [0.25, 0.3) is 5.91 Å². The molecule has 6 nitrogen and oxygen atoms in total. The van der Waals surface area contributed by atoms with E-state index in [1.807, 2.05) is 0 Å². The Bertz CT molecular complexity index is 1200. The summed E-state index contributed by atoms with van der Waals surface area (Å²) in [5.74, 6) is -0.660. The average molecular weight is 456 g/mol. The number of carbonyl (C=O) groups excluding carboxylic acids is 1. The summed E-state index contributed by atoms with van der Waals surface area (Å²) in [7, 11) is 0. The molecule has 0 aliphatic carbocycles. The van der Waals surface area contributed by atoms with Gasteiger partial charge in [-0.2, -0.15) is 13.2 Å². The molecule has 0 aliphatic heterocycles. The first kappa shape index (κ1) is 19.9. The summed E-state index contributed by atoms with van der Waals surface area (Å²) in [6, 6.07) is 7.62. The second-order valence-corrected chi connectivity index (χ2v) is 6.74. The summed E-state index contributed by atoms with van der Waals surface area (Å²) < 4.78 is 40.1. The van der Waals surface area contributed by atoms with Crippen LogP contribution >= 0.6 is 15.9 Å². The number of nitrogens with zero attached hydrogens (tertiary/aromatic N) is 1. The van der Waals surface area contributed by atoms with Crippen LogP contribution in [0.5, 0.6) is 0 Å². The van der Waals surface area contributed by atoms with Gasteiger partial charge in [-0.05, 0) is 43.3 Å². The number of fused-ring (bicyclic) bond motifs is 1. The second kappa shape index (κ2) is 7.27. The fourth-order valence-corrected chi connectivity index (χ4v) is 3.23. The van der Waals surface area contributed by atoms with Crippen LogP contribution in [-0.2, 0) is 12.7 Å². The predicted octanol–water partition coefficient (Wildman–Crippen LogP) is 3.74. The molecular weight excluding hydrogens is 443 g/mol. The zero-order valence-corrected chi connectivity index (χ0v) is 15.9. The van der Waals surface area contributed by atoms with Gasteiger partial charge in [-0.3, -0.25) is 14.4 Å². The molecule has 0 radical (unpaired) electrons. The summed E-state index contributed by atoms with van der Waals surface area (Å²) in [5, 5.41) is 2.40. The van der Waals surface area contributed by atoms with Crippen LogP contribution in [0.2, 0.25) is 0 Å². The lowest BCUT2D eigenvalue weighted by atomic mass is 10.1. The lowest BCUT2D eigenvalue weighted by Crippen LogP contribution is -2.36. The van der Waals surface area contributed by atoms with Crippen LogP contribution in [0.3, 0.4) is 0 Å². The van der Waals surface area contributed by atoms with Crippen molar-refractivity contribution in [3.8, 4) is 0 Å². The summed E-state index contributed by atoms with van der Waals surface area (Å²) in [5.41, 5.74) is -1.66. The molecule has 0 saturated heterocycles. The molecule has 0 aliphatic rings. The van der Waals surface area contributed by atoms with E-state index in [2.05, 4.69) is 26.2 Å². The Morgan fingerprint density at radius 1 is 1.18 bits per heavy atom. The molecule has 1 amide bonds. The number of benzene rings is 2. The van der Waals surface area contributed by atoms with Crippen LogP contribution in [-0.4, -0.2) is 15.5 Å². The van der Waals surface area contributed by atoms with Crippen molar-refractivity contribution in [2.75, 3.05) is 5.32 Å². The molecule has 0 bridgehead atoms. The van der Waals surface area contributed by atoms with Crippen LogP contribution < -0.4 is 16.4 Å². The highest BCUT2D eigenvalue weighted by atomic mass is 79.9. The van der Waals surface area contributed by atoms with Crippen LogP contribution in [0.15, 0.2) is 50.5 Å². The van der Waals surface area contributed by atoms with Crippen LogP contribution in [0, 0.1) is 0 Å². The monoisotopic (exact) mass is 455 g/mol. The topological polar surface area (TPSA) is 84.0 Å². The zero-order chi connectivity index (χ0) is 20.6. The normalized spacial score (nSPS) is 11.6. The van der Waals surface area contributed by atoms with Gasteiger partial charge >= 0.3 is 17.3 Å². The third-order valence-corrected chi connectivity index (χ3v) is 4.77. The fourth-order valence-electron chi connectivity index (χ4n) is 2.76. The Labute approximate surface area is 164 Å². The number of hydrogen-bond acceptors (Lipinski definition) is 3. The molecule has 0 saturated carbocycles. The zero-order valence-electron chi connectivity index (χ0n) is 14.4. The van der Waals surface area contributed by atoms with Gasteiger partial charge in [0.05, 0.1) is 16.6 Å². The molecule has 1 aromatic heterocycles. The van der Waals surface area contributed by atoms with Crippen molar-refractivity contribution < 1.29 is 18.0 Å². The number of alkyl halides is 3. The third kappa shape index (κ3) is 3.72. The Balaban J connectivity index is 1.98. The van der Waals surface area contributed by atoms with Crippen molar-refractivity contribution in [3.05, 3.63) is 72.7 Å². The number of halogens is 4. The number of rotatable bonds is 3. The molecule has 2 aromatic carbocycles. The molecule has 146 valence electrons. The quantitative estimate of drug-likeness (QED) is 0.590. The number of aromatic amines is 1. The maximum Gasteiger partial charge on any atom is 0.417 e. The Kier molecular flexibility index (Phi) is 5.16. The molecule has 28 heavy (non-hydrogen) atoms. The highest BCUT2D eigenvalue weighted by molar-refractivity contribution is 9.10. The number of aromatic nitrogens is 2. The lowest BCUT2D eigenvalue weighted by molar-refractivity contribution is -0.138. The maximum atomic E-state index is 13.0. The molecule has 2 N–H and O–H groups in total. The number of amides is 1. The Hall–Kier alpha value is -2.88. The first-order chi connectivity index (χ1) is 13.1. The van der Waals surface area contributed by atoms with Gasteiger partial charge in [0.1, 0.15) is 0 Å². The van der Waals surface area contributed by atoms with Crippen molar-refractivity contribution in [3.63, 3.8) is 0 Å². The molecule has 0 fully saturated rings. The van der Waals surface area contributed by atoms with Gasteiger partial charge in [0, 0.05) is 22.3 Å². The van der Waals surface area contributed by atoms with Gasteiger partial charge < -0.3 is 14.9 Å². The number of anilines is 1. The van der Waals surface area contributed by atoms with Crippen LogP contribution in [0.4, 0.5) is 18.9 Å². The van der Waals surface area contributed by atoms with E-state index in [1.165, 1.54) is 34.9 Å². The minimum Gasteiger partial charge on any atom is -0.322 e. The van der Waals surface area contributed by atoms with Gasteiger partial charge in [0.15, 0.2) is 0 Å². The van der Waals surface area contributed by atoms with E-state index in [-0.39, 0.29) is 27.8 Å². The third-order valence-electron chi connectivity index (χ3n) is 4.08. The van der Waals surface area contributed by atoms with E-state index < -0.39 is 28.8 Å². The van der Waals surface area contributed by atoms with Crippen molar-refractivity contribution in [1.29, 1.82) is 0 Å². The van der Waals surface area contributed by atoms with Gasteiger partial charge in [-0.15, -0.1) is 0 Å². The highest BCUT2D eigenvalue weighted by Gasteiger charge is 2.33. The van der Waals surface area contributed by atoms with Crippen molar-refractivity contribution >= 4 is 38.6 Å². The van der Waals surface area contributed by atoms with Crippen LogP contribution in [0.25, 0.3) is 11.0 Å². The summed E-state index contributed by atoms with van der Waals surface area (Å²) in [6.07, 6.45) is -4.58. The summed E-state index contributed by atoms with van der Waals surface area (Å²) in [4.78, 5) is 38.5. The number of H-pyrrole nitrogens is 1. The molecule has 3 rings (SSSR count). The first-order valence-corrected chi connectivity index (χ1v) is 8.86. The SMILES string of the molecule is CCn1c(=O)c(=O)[nH]c2cc(C(=O)Nc3ccc(Br)c(C(F)(F)F)c3)ccc21. The maximum absolute atomic E-state index is 13.0. The Morgan fingerprint density at radius 2 is 1.89 bits per heavy atom. The number of hydrogen-bond donors (Lipinski definition) is 2. The van der Waals surface area contributed by atoms with Crippen molar-refractivity contribution in [2.45, 2.75) is 19.6 Å². The van der Waals surface area contributed by atoms with Crippen molar-refractivity contribution in [2.24, 2.45) is 0 Å². The summed E-state index contributed by atoms with van der Waals surface area (Å²) in [6.45, 7) is 1.97.